The van der Waals surface area contributed by atoms with E-state index in [0.29, 0.717) is 12.1 Å². The van der Waals surface area contributed by atoms with Gasteiger partial charge in [0.05, 0.1) is 5.52 Å². The highest BCUT2D eigenvalue weighted by Gasteiger charge is 2.21. The minimum Gasteiger partial charge on any atom is -0.408 e. The molecule has 98 valence electrons. The third-order valence-electron chi connectivity index (χ3n) is 3.44. The third-order valence-corrected chi connectivity index (χ3v) is 3.44. The highest BCUT2D eigenvalue weighted by Crippen LogP contribution is 2.17. The normalized spacial score (nSPS) is 12.5. The van der Waals surface area contributed by atoms with Crippen LogP contribution >= 0.6 is 0 Å². The van der Waals surface area contributed by atoms with E-state index in [9.17, 15) is 4.79 Å². The van der Waals surface area contributed by atoms with Crippen molar-refractivity contribution < 1.29 is 4.42 Å². The number of nitrogens with zero attached hydrogens (tertiary/aromatic N) is 1. The summed E-state index contributed by atoms with van der Waals surface area (Å²) in [6.45, 7) is 5.57. The predicted molar refractivity (Wildman–Crippen MR) is 71.4 cm³/mol. The minimum absolute atomic E-state index is 0.0568. The van der Waals surface area contributed by atoms with Crippen LogP contribution in [0.4, 0.5) is 0 Å². The molecule has 2 rings (SSSR count). The highest BCUT2D eigenvalue weighted by atomic mass is 16.4. The molecule has 0 amide bonds. The van der Waals surface area contributed by atoms with Gasteiger partial charge in [0, 0.05) is 18.6 Å². The van der Waals surface area contributed by atoms with Crippen molar-refractivity contribution in [3.05, 3.63) is 34.3 Å². The van der Waals surface area contributed by atoms with E-state index in [2.05, 4.69) is 23.7 Å². The maximum absolute atomic E-state index is 11.1. The first-order valence-electron chi connectivity index (χ1n) is 5.95. The lowest BCUT2D eigenvalue weighted by atomic mass is 10.0. The van der Waals surface area contributed by atoms with Crippen molar-refractivity contribution >= 4 is 11.1 Å². The van der Waals surface area contributed by atoms with Gasteiger partial charge in [0.15, 0.2) is 5.58 Å². The number of aromatic nitrogens is 1. The van der Waals surface area contributed by atoms with Gasteiger partial charge in [-0.3, -0.25) is 9.88 Å². The van der Waals surface area contributed by atoms with Gasteiger partial charge >= 0.3 is 5.76 Å². The van der Waals surface area contributed by atoms with Crippen molar-refractivity contribution in [3.63, 3.8) is 0 Å². The molecule has 1 aromatic carbocycles. The van der Waals surface area contributed by atoms with E-state index in [1.54, 1.807) is 0 Å². The fraction of sp³-hybridized carbons (Fsp3) is 0.462. The molecule has 1 aromatic heterocycles. The van der Waals surface area contributed by atoms with Crippen molar-refractivity contribution in [3.8, 4) is 0 Å². The second-order valence-electron chi connectivity index (χ2n) is 5.22. The van der Waals surface area contributed by atoms with E-state index in [-0.39, 0.29) is 5.54 Å². The Balaban J connectivity index is 2.24. The zero-order valence-electron chi connectivity index (χ0n) is 11.0. The number of H-pyrrole nitrogens is 1. The smallest absolute Gasteiger partial charge is 0.408 e. The van der Waals surface area contributed by atoms with Crippen LogP contribution in [0.15, 0.2) is 27.4 Å². The summed E-state index contributed by atoms with van der Waals surface area (Å²) in [5.74, 6) is -0.419. The van der Waals surface area contributed by atoms with Crippen molar-refractivity contribution in [2.24, 2.45) is 5.73 Å². The van der Waals surface area contributed by atoms with Crippen LogP contribution < -0.4 is 11.5 Å². The molecule has 0 fully saturated rings. The van der Waals surface area contributed by atoms with Gasteiger partial charge in [-0.15, -0.1) is 0 Å². The van der Waals surface area contributed by atoms with Crippen LogP contribution in [0.5, 0.6) is 0 Å². The number of nitrogens with two attached hydrogens (primary N) is 1. The number of oxazole rings is 1. The fourth-order valence-corrected chi connectivity index (χ4v) is 1.74. The maximum Gasteiger partial charge on any atom is 0.417 e. The van der Waals surface area contributed by atoms with Crippen molar-refractivity contribution in [1.29, 1.82) is 0 Å². The second kappa shape index (κ2) is 4.59. The largest absolute Gasteiger partial charge is 0.417 e. The second-order valence-corrected chi connectivity index (χ2v) is 5.22. The molecule has 0 atom stereocenters. The number of fused-ring (bicyclic) bond motifs is 1. The SMILES string of the molecule is CN(Cc1ccc2oc(=O)[nH]c2c1)C(C)(C)CN. The molecule has 0 spiro atoms. The molecular weight excluding hydrogens is 230 g/mol. The lowest BCUT2D eigenvalue weighted by Gasteiger charge is -2.34. The van der Waals surface area contributed by atoms with E-state index >= 15 is 0 Å². The molecule has 0 aliphatic carbocycles. The predicted octanol–water partition coefficient (Wildman–Crippen LogP) is 1.29. The Morgan fingerprint density at radius 2 is 2.17 bits per heavy atom. The molecule has 5 nitrogen and oxygen atoms in total. The lowest BCUT2D eigenvalue weighted by Crippen LogP contribution is -2.46. The molecule has 0 saturated heterocycles. The number of aromatic amines is 1. The quantitative estimate of drug-likeness (QED) is 0.856. The van der Waals surface area contributed by atoms with Crippen LogP contribution in [0, 0.1) is 0 Å². The molecule has 0 aliphatic heterocycles. The van der Waals surface area contributed by atoms with Gasteiger partial charge in [-0.1, -0.05) is 6.07 Å². The minimum atomic E-state index is -0.419. The summed E-state index contributed by atoms with van der Waals surface area (Å²) < 4.78 is 4.97. The molecular formula is C13H19N3O2. The first-order chi connectivity index (χ1) is 8.42. The Kier molecular flexibility index (Phi) is 3.28. The lowest BCUT2D eigenvalue weighted by molar-refractivity contribution is 0.156. The van der Waals surface area contributed by atoms with Crippen LogP contribution in [0.25, 0.3) is 11.1 Å². The zero-order chi connectivity index (χ0) is 13.3. The Hall–Kier alpha value is -1.59. The summed E-state index contributed by atoms with van der Waals surface area (Å²) in [5, 5.41) is 0. The monoisotopic (exact) mass is 249 g/mol. The summed E-state index contributed by atoms with van der Waals surface area (Å²) in [6, 6.07) is 5.71. The van der Waals surface area contributed by atoms with Crippen LogP contribution in [0.1, 0.15) is 19.4 Å². The number of hydrogen-bond donors (Lipinski definition) is 2. The molecule has 1 heterocycles. The molecule has 3 N–H and O–H groups in total. The number of benzene rings is 1. The zero-order valence-corrected chi connectivity index (χ0v) is 11.0. The van der Waals surface area contributed by atoms with E-state index < -0.39 is 5.76 Å². The van der Waals surface area contributed by atoms with Crippen molar-refractivity contribution in [1.82, 2.24) is 9.88 Å². The Morgan fingerprint density at radius 1 is 1.44 bits per heavy atom. The van der Waals surface area contributed by atoms with Gasteiger partial charge in [-0.05, 0) is 38.6 Å². The average Bonchev–Trinajstić information content (AvgIpc) is 2.68. The molecule has 18 heavy (non-hydrogen) atoms. The van der Waals surface area contributed by atoms with Crippen molar-refractivity contribution in [2.45, 2.75) is 25.9 Å². The van der Waals surface area contributed by atoms with E-state index in [1.807, 2.05) is 25.2 Å². The van der Waals surface area contributed by atoms with Gasteiger partial charge in [0.25, 0.3) is 0 Å². The molecule has 0 saturated carbocycles. The van der Waals surface area contributed by atoms with E-state index in [4.69, 9.17) is 10.2 Å². The van der Waals surface area contributed by atoms with Crippen molar-refractivity contribution in [2.75, 3.05) is 13.6 Å². The first-order valence-corrected chi connectivity index (χ1v) is 5.95. The van der Waals surface area contributed by atoms with E-state index in [1.165, 1.54) is 0 Å². The van der Waals surface area contributed by atoms with Crippen LogP contribution in [0.3, 0.4) is 0 Å². The molecule has 0 bridgehead atoms. The summed E-state index contributed by atoms with van der Waals surface area (Å²) in [6.07, 6.45) is 0. The van der Waals surface area contributed by atoms with Gasteiger partial charge in [-0.25, -0.2) is 4.79 Å². The van der Waals surface area contributed by atoms with Crippen LogP contribution in [-0.2, 0) is 6.54 Å². The number of rotatable bonds is 4. The Morgan fingerprint density at radius 3 is 2.83 bits per heavy atom. The standard InChI is InChI=1S/C13H19N3O2/c1-13(2,8-14)16(3)7-9-4-5-11-10(6-9)15-12(17)18-11/h4-6H,7-8,14H2,1-3H3,(H,15,17). The number of hydrogen-bond acceptors (Lipinski definition) is 4. The molecule has 5 heteroatoms. The molecule has 2 aromatic rings. The fourth-order valence-electron chi connectivity index (χ4n) is 1.74. The van der Waals surface area contributed by atoms with Crippen LogP contribution in [-0.4, -0.2) is 29.0 Å². The number of nitrogens with one attached hydrogen (secondary N) is 1. The maximum atomic E-state index is 11.1. The Bertz CT molecular complexity index is 598. The summed E-state index contributed by atoms with van der Waals surface area (Å²) in [5.41, 5.74) is 8.13. The average molecular weight is 249 g/mol. The summed E-state index contributed by atoms with van der Waals surface area (Å²) in [7, 11) is 2.04. The van der Waals surface area contributed by atoms with Gasteiger partial charge in [-0.2, -0.15) is 0 Å². The van der Waals surface area contributed by atoms with Crippen LogP contribution in [0.2, 0.25) is 0 Å². The number of likely N-dealkylation sites (N-methyl/N-ethyl adjacent to an activating group) is 1. The molecule has 0 radical (unpaired) electrons. The highest BCUT2D eigenvalue weighted by molar-refractivity contribution is 5.72. The van der Waals surface area contributed by atoms with Gasteiger partial charge in [0.1, 0.15) is 0 Å². The molecule has 0 aliphatic rings. The summed E-state index contributed by atoms with van der Waals surface area (Å²) in [4.78, 5) is 15.9. The summed E-state index contributed by atoms with van der Waals surface area (Å²) >= 11 is 0. The molecule has 0 unspecified atom stereocenters. The topological polar surface area (TPSA) is 75.3 Å². The first kappa shape index (κ1) is 12.9. The Labute approximate surface area is 106 Å². The van der Waals surface area contributed by atoms with Gasteiger partial charge < -0.3 is 10.2 Å². The van der Waals surface area contributed by atoms with Gasteiger partial charge in [0.2, 0.25) is 0 Å². The third kappa shape index (κ3) is 2.47. The van der Waals surface area contributed by atoms with E-state index in [0.717, 1.165) is 17.6 Å².